The molecule has 1 aromatic carbocycles. The third-order valence-corrected chi connectivity index (χ3v) is 2.81. The number of aliphatic hydroxyl groups excluding tert-OH is 1. The molecule has 3 nitrogen and oxygen atoms in total. The molecule has 0 saturated carbocycles. The number of carbonyl (C=O) groups excluding carboxylic acids is 1. The van der Waals surface area contributed by atoms with Gasteiger partial charge in [0.15, 0.2) is 0 Å². The van der Waals surface area contributed by atoms with Crippen LogP contribution < -0.4 is 5.32 Å². The number of benzene rings is 1. The van der Waals surface area contributed by atoms with Crippen molar-refractivity contribution in [3.8, 4) is 0 Å². The predicted octanol–water partition coefficient (Wildman–Crippen LogP) is 2.02. The van der Waals surface area contributed by atoms with E-state index in [0.29, 0.717) is 6.07 Å². The summed E-state index contributed by atoms with van der Waals surface area (Å²) in [6, 6.07) is 1.39. The summed E-state index contributed by atoms with van der Waals surface area (Å²) in [5.74, 6) is -2.23. The van der Waals surface area contributed by atoms with E-state index in [1.165, 1.54) is 6.92 Å². The Labute approximate surface area is 105 Å². The Balaban J connectivity index is 2.94. The maximum atomic E-state index is 13.5. The van der Waals surface area contributed by atoms with Gasteiger partial charge in [-0.25, -0.2) is 8.78 Å². The SMILES string of the molecule is Cc1cc(C(=O)NC(CO)C(C)C)c(F)cc1F. The predicted molar refractivity (Wildman–Crippen MR) is 64.3 cm³/mol. The highest BCUT2D eigenvalue weighted by molar-refractivity contribution is 5.94. The fourth-order valence-corrected chi connectivity index (χ4v) is 1.50. The van der Waals surface area contributed by atoms with Crippen molar-refractivity contribution < 1.29 is 18.7 Å². The molecule has 1 amide bonds. The Morgan fingerprint density at radius 2 is 1.94 bits per heavy atom. The fraction of sp³-hybridized carbons (Fsp3) is 0.462. The molecule has 2 N–H and O–H groups in total. The number of nitrogens with one attached hydrogen (secondary N) is 1. The molecule has 100 valence electrons. The van der Waals surface area contributed by atoms with E-state index < -0.39 is 23.6 Å². The summed E-state index contributed by atoms with van der Waals surface area (Å²) in [7, 11) is 0. The van der Waals surface area contributed by atoms with Crippen LogP contribution in [0.2, 0.25) is 0 Å². The van der Waals surface area contributed by atoms with Crippen LogP contribution >= 0.6 is 0 Å². The molecule has 1 aromatic rings. The summed E-state index contributed by atoms with van der Waals surface area (Å²) in [5.41, 5.74) is -0.0142. The Kier molecular flexibility index (Phi) is 4.78. The van der Waals surface area contributed by atoms with Crippen molar-refractivity contribution in [2.45, 2.75) is 26.8 Å². The average Bonchev–Trinajstić information content (AvgIpc) is 2.29. The number of carbonyl (C=O) groups is 1. The summed E-state index contributed by atoms with van der Waals surface area (Å²) >= 11 is 0. The first-order chi connectivity index (χ1) is 8.36. The van der Waals surface area contributed by atoms with Gasteiger partial charge in [-0.15, -0.1) is 0 Å². The van der Waals surface area contributed by atoms with Gasteiger partial charge in [0.2, 0.25) is 0 Å². The third-order valence-electron chi connectivity index (χ3n) is 2.81. The molecule has 5 heteroatoms. The van der Waals surface area contributed by atoms with Gasteiger partial charge in [0.25, 0.3) is 5.91 Å². The van der Waals surface area contributed by atoms with Gasteiger partial charge in [0.1, 0.15) is 11.6 Å². The van der Waals surface area contributed by atoms with E-state index in [-0.39, 0.29) is 23.7 Å². The summed E-state index contributed by atoms with van der Waals surface area (Å²) < 4.78 is 26.5. The molecular formula is C13H17F2NO2. The number of amides is 1. The quantitative estimate of drug-likeness (QED) is 0.867. The second kappa shape index (κ2) is 5.91. The van der Waals surface area contributed by atoms with Gasteiger partial charge in [-0.2, -0.15) is 0 Å². The van der Waals surface area contributed by atoms with E-state index in [4.69, 9.17) is 5.11 Å². The highest BCUT2D eigenvalue weighted by Gasteiger charge is 2.19. The smallest absolute Gasteiger partial charge is 0.254 e. The first kappa shape index (κ1) is 14.6. The lowest BCUT2D eigenvalue weighted by molar-refractivity contribution is 0.0892. The Bertz CT molecular complexity index is 447. The highest BCUT2D eigenvalue weighted by Crippen LogP contribution is 2.14. The summed E-state index contributed by atoms with van der Waals surface area (Å²) in [6.07, 6.45) is 0. The van der Waals surface area contributed by atoms with Crippen LogP contribution in [0, 0.1) is 24.5 Å². The first-order valence-corrected chi connectivity index (χ1v) is 5.74. The van der Waals surface area contributed by atoms with Crippen molar-refractivity contribution in [2.75, 3.05) is 6.61 Å². The second-order valence-corrected chi connectivity index (χ2v) is 4.59. The zero-order chi connectivity index (χ0) is 13.9. The van der Waals surface area contributed by atoms with Crippen molar-refractivity contribution in [3.05, 3.63) is 34.9 Å². The van der Waals surface area contributed by atoms with Gasteiger partial charge in [-0.1, -0.05) is 13.8 Å². The lowest BCUT2D eigenvalue weighted by Crippen LogP contribution is -2.41. The molecule has 0 spiro atoms. The normalized spacial score (nSPS) is 12.6. The van der Waals surface area contributed by atoms with Crippen LogP contribution in [0.1, 0.15) is 29.8 Å². The molecule has 0 fully saturated rings. The third kappa shape index (κ3) is 3.26. The van der Waals surface area contributed by atoms with E-state index in [1.807, 2.05) is 13.8 Å². The van der Waals surface area contributed by atoms with Crippen molar-refractivity contribution in [1.29, 1.82) is 0 Å². The minimum absolute atomic E-state index is 0.0172. The Morgan fingerprint density at radius 1 is 1.33 bits per heavy atom. The summed E-state index contributed by atoms with van der Waals surface area (Å²) in [6.45, 7) is 4.88. The summed E-state index contributed by atoms with van der Waals surface area (Å²) in [5, 5.41) is 11.6. The van der Waals surface area contributed by atoms with Gasteiger partial charge < -0.3 is 10.4 Å². The van der Waals surface area contributed by atoms with Crippen molar-refractivity contribution >= 4 is 5.91 Å². The number of rotatable bonds is 4. The number of halogens is 2. The van der Waals surface area contributed by atoms with Gasteiger partial charge in [0.05, 0.1) is 18.2 Å². The molecule has 0 aliphatic carbocycles. The monoisotopic (exact) mass is 257 g/mol. The van der Waals surface area contributed by atoms with Gasteiger partial charge in [0, 0.05) is 6.07 Å². The topological polar surface area (TPSA) is 49.3 Å². The molecule has 0 aliphatic rings. The summed E-state index contributed by atoms with van der Waals surface area (Å²) in [4.78, 5) is 11.8. The molecule has 0 bridgehead atoms. The van der Waals surface area contributed by atoms with Crippen molar-refractivity contribution in [1.82, 2.24) is 5.32 Å². The number of aliphatic hydroxyl groups is 1. The molecule has 0 heterocycles. The molecule has 1 atom stereocenters. The molecule has 1 rings (SSSR count). The maximum absolute atomic E-state index is 13.5. The van der Waals surface area contributed by atoms with Crippen LogP contribution in [-0.4, -0.2) is 23.7 Å². The minimum Gasteiger partial charge on any atom is -0.394 e. The molecule has 0 aromatic heterocycles. The van der Waals surface area contributed by atoms with E-state index in [0.717, 1.165) is 6.07 Å². The lowest BCUT2D eigenvalue weighted by Gasteiger charge is -2.20. The zero-order valence-corrected chi connectivity index (χ0v) is 10.6. The van der Waals surface area contributed by atoms with Crippen molar-refractivity contribution in [3.63, 3.8) is 0 Å². The van der Waals surface area contributed by atoms with Crippen LogP contribution in [0.25, 0.3) is 0 Å². The largest absolute Gasteiger partial charge is 0.394 e. The van der Waals surface area contributed by atoms with Gasteiger partial charge >= 0.3 is 0 Å². The van der Waals surface area contributed by atoms with Gasteiger partial charge in [-0.05, 0) is 24.5 Å². The van der Waals surface area contributed by atoms with Gasteiger partial charge in [-0.3, -0.25) is 4.79 Å². The van der Waals surface area contributed by atoms with Crippen LogP contribution in [0.4, 0.5) is 8.78 Å². The van der Waals surface area contributed by atoms with E-state index >= 15 is 0 Å². The van der Waals surface area contributed by atoms with Crippen LogP contribution in [0.5, 0.6) is 0 Å². The van der Waals surface area contributed by atoms with Crippen LogP contribution in [0.15, 0.2) is 12.1 Å². The maximum Gasteiger partial charge on any atom is 0.254 e. The first-order valence-electron chi connectivity index (χ1n) is 5.74. The van der Waals surface area contributed by atoms with E-state index in [1.54, 1.807) is 0 Å². The molecule has 0 aliphatic heterocycles. The van der Waals surface area contributed by atoms with E-state index in [2.05, 4.69) is 5.32 Å². The fourth-order valence-electron chi connectivity index (χ4n) is 1.50. The lowest BCUT2D eigenvalue weighted by atomic mass is 10.0. The standard InChI is InChI=1S/C13H17F2NO2/c1-7(2)12(6-17)16-13(18)9-4-8(3)10(14)5-11(9)15/h4-5,7,12,17H,6H2,1-3H3,(H,16,18). The molecule has 1 unspecified atom stereocenters. The second-order valence-electron chi connectivity index (χ2n) is 4.59. The minimum atomic E-state index is -0.906. The van der Waals surface area contributed by atoms with Crippen LogP contribution in [0.3, 0.4) is 0 Å². The Hall–Kier alpha value is -1.49. The number of aryl methyl sites for hydroxylation is 1. The highest BCUT2D eigenvalue weighted by atomic mass is 19.1. The number of hydrogen-bond acceptors (Lipinski definition) is 2. The van der Waals surface area contributed by atoms with Crippen LogP contribution in [-0.2, 0) is 0 Å². The average molecular weight is 257 g/mol. The molecular weight excluding hydrogens is 240 g/mol. The Morgan fingerprint density at radius 3 is 2.44 bits per heavy atom. The number of hydrogen-bond donors (Lipinski definition) is 2. The van der Waals surface area contributed by atoms with E-state index in [9.17, 15) is 13.6 Å². The zero-order valence-electron chi connectivity index (χ0n) is 10.6. The van der Waals surface area contributed by atoms with Crippen molar-refractivity contribution in [2.24, 2.45) is 5.92 Å². The molecule has 0 radical (unpaired) electrons. The molecule has 18 heavy (non-hydrogen) atoms. The molecule has 0 saturated heterocycles.